The van der Waals surface area contributed by atoms with Crippen molar-refractivity contribution in [2.24, 2.45) is 0 Å². The molecule has 2 aromatic rings. The van der Waals surface area contributed by atoms with Gasteiger partial charge in [-0.1, -0.05) is 54.6 Å². The second kappa shape index (κ2) is 10.8. The molecule has 4 nitrogen and oxygen atoms in total. The smallest absolute Gasteiger partial charge is 0.169 e. The third kappa shape index (κ3) is 6.36. The number of ether oxygens (including phenoxy) is 1. The number of hydrogen-bond donors (Lipinski definition) is 1. The maximum atomic E-state index is 5.58. The number of piperazine rings is 1. The molecule has 1 aliphatic heterocycles. The molecule has 0 atom stereocenters. The molecule has 0 spiro atoms. The van der Waals surface area contributed by atoms with Gasteiger partial charge in [-0.3, -0.25) is 4.90 Å². The Labute approximate surface area is 173 Å². The third-order valence-electron chi connectivity index (χ3n) is 4.98. The van der Waals surface area contributed by atoms with Gasteiger partial charge >= 0.3 is 0 Å². The number of nitrogens with one attached hydrogen (secondary N) is 1. The van der Waals surface area contributed by atoms with E-state index in [9.17, 15) is 0 Å². The van der Waals surface area contributed by atoms with Crippen molar-refractivity contribution >= 4 is 23.4 Å². The summed E-state index contributed by atoms with van der Waals surface area (Å²) >= 11 is 5.58. The SMILES string of the molecule is COc1ccc(CCNC(=S)N2CCN(C/C=C/c3ccccc3)CC2)cc1. The van der Waals surface area contributed by atoms with Crippen molar-refractivity contribution in [1.82, 2.24) is 15.1 Å². The molecule has 0 aliphatic carbocycles. The third-order valence-corrected chi connectivity index (χ3v) is 5.38. The molecule has 2 aromatic carbocycles. The van der Waals surface area contributed by atoms with Gasteiger partial charge in [-0.15, -0.1) is 0 Å². The Bertz CT molecular complexity index is 753. The molecular weight excluding hydrogens is 366 g/mol. The lowest BCUT2D eigenvalue weighted by Gasteiger charge is -2.35. The Morgan fingerprint density at radius 3 is 2.43 bits per heavy atom. The first kappa shape index (κ1) is 20.4. The predicted molar refractivity (Wildman–Crippen MR) is 121 cm³/mol. The van der Waals surface area contributed by atoms with Gasteiger partial charge in [0, 0.05) is 39.3 Å². The van der Waals surface area contributed by atoms with Crippen LogP contribution in [-0.2, 0) is 6.42 Å². The largest absolute Gasteiger partial charge is 0.497 e. The van der Waals surface area contributed by atoms with E-state index >= 15 is 0 Å². The average molecular weight is 396 g/mol. The van der Waals surface area contributed by atoms with E-state index in [1.807, 2.05) is 18.2 Å². The minimum atomic E-state index is 0.852. The minimum absolute atomic E-state index is 0.852. The van der Waals surface area contributed by atoms with Gasteiger partial charge in [0.25, 0.3) is 0 Å². The lowest BCUT2D eigenvalue weighted by molar-refractivity contribution is 0.197. The van der Waals surface area contributed by atoms with Crippen molar-refractivity contribution < 1.29 is 4.74 Å². The Morgan fingerprint density at radius 1 is 1.04 bits per heavy atom. The standard InChI is InChI=1S/C23H29N3OS/c1-27-22-11-9-21(10-12-22)13-14-24-23(28)26-18-16-25(17-19-26)15-5-8-20-6-3-2-4-7-20/h2-12H,13-19H2,1H3,(H,24,28)/b8-5+. The summed E-state index contributed by atoms with van der Waals surface area (Å²) in [5.74, 6) is 0.892. The zero-order chi connectivity index (χ0) is 19.6. The average Bonchev–Trinajstić information content (AvgIpc) is 2.75. The van der Waals surface area contributed by atoms with Crippen molar-refractivity contribution in [3.8, 4) is 5.75 Å². The van der Waals surface area contributed by atoms with Crippen LogP contribution in [0.25, 0.3) is 6.08 Å². The normalized spacial score (nSPS) is 15.0. The highest BCUT2D eigenvalue weighted by molar-refractivity contribution is 7.80. The molecule has 0 unspecified atom stereocenters. The Morgan fingerprint density at radius 2 is 1.75 bits per heavy atom. The van der Waals surface area contributed by atoms with Crippen LogP contribution in [0.4, 0.5) is 0 Å². The van der Waals surface area contributed by atoms with Crippen LogP contribution in [-0.4, -0.2) is 61.3 Å². The van der Waals surface area contributed by atoms with Crippen molar-refractivity contribution in [3.05, 3.63) is 71.8 Å². The van der Waals surface area contributed by atoms with Crippen molar-refractivity contribution in [2.45, 2.75) is 6.42 Å². The van der Waals surface area contributed by atoms with E-state index in [1.165, 1.54) is 11.1 Å². The molecule has 0 aromatic heterocycles. The number of thiocarbonyl (C=S) groups is 1. The molecule has 1 saturated heterocycles. The summed E-state index contributed by atoms with van der Waals surface area (Å²) in [7, 11) is 1.69. The fourth-order valence-corrected chi connectivity index (χ4v) is 3.54. The summed E-state index contributed by atoms with van der Waals surface area (Å²) in [5, 5.41) is 4.27. The van der Waals surface area contributed by atoms with Crippen LogP contribution >= 0.6 is 12.2 Å². The van der Waals surface area contributed by atoms with Crippen LogP contribution in [0.5, 0.6) is 5.75 Å². The van der Waals surface area contributed by atoms with Crippen LogP contribution in [0.15, 0.2) is 60.7 Å². The van der Waals surface area contributed by atoms with Crippen LogP contribution in [0, 0.1) is 0 Å². The van der Waals surface area contributed by atoms with E-state index in [0.717, 1.165) is 56.6 Å². The minimum Gasteiger partial charge on any atom is -0.497 e. The monoisotopic (exact) mass is 395 g/mol. The molecule has 0 saturated carbocycles. The summed E-state index contributed by atoms with van der Waals surface area (Å²) < 4.78 is 5.20. The van der Waals surface area contributed by atoms with Crippen LogP contribution in [0.3, 0.4) is 0 Å². The van der Waals surface area contributed by atoms with E-state index in [-0.39, 0.29) is 0 Å². The van der Waals surface area contributed by atoms with Crippen molar-refractivity contribution in [3.63, 3.8) is 0 Å². The summed E-state index contributed by atoms with van der Waals surface area (Å²) in [6.07, 6.45) is 5.39. The zero-order valence-electron chi connectivity index (χ0n) is 16.5. The van der Waals surface area contributed by atoms with Gasteiger partial charge < -0.3 is 15.0 Å². The molecule has 0 bridgehead atoms. The second-order valence-corrected chi connectivity index (χ2v) is 7.32. The number of hydrogen-bond acceptors (Lipinski definition) is 3. The van der Waals surface area contributed by atoms with Gasteiger partial charge in [-0.05, 0) is 41.9 Å². The van der Waals surface area contributed by atoms with E-state index in [4.69, 9.17) is 17.0 Å². The highest BCUT2D eigenvalue weighted by Gasteiger charge is 2.17. The Kier molecular flexibility index (Phi) is 7.88. The summed E-state index contributed by atoms with van der Waals surface area (Å²) in [4.78, 5) is 4.75. The van der Waals surface area contributed by atoms with Gasteiger partial charge in [0.15, 0.2) is 5.11 Å². The molecule has 3 rings (SSSR count). The van der Waals surface area contributed by atoms with Crippen LogP contribution in [0.1, 0.15) is 11.1 Å². The number of methoxy groups -OCH3 is 1. The van der Waals surface area contributed by atoms with Gasteiger partial charge in [0.1, 0.15) is 5.75 Å². The fraction of sp³-hybridized carbons (Fsp3) is 0.348. The molecular formula is C23H29N3OS. The van der Waals surface area contributed by atoms with Crippen molar-refractivity contribution in [1.29, 1.82) is 0 Å². The molecule has 148 valence electrons. The number of rotatable bonds is 7. The quantitative estimate of drug-likeness (QED) is 0.725. The summed E-state index contributed by atoms with van der Waals surface area (Å²) in [6.45, 7) is 5.88. The van der Waals surface area contributed by atoms with Gasteiger partial charge in [0.05, 0.1) is 7.11 Å². The molecule has 5 heteroatoms. The lowest BCUT2D eigenvalue weighted by atomic mass is 10.1. The van der Waals surface area contributed by atoms with Crippen LogP contribution in [0.2, 0.25) is 0 Å². The lowest BCUT2D eigenvalue weighted by Crippen LogP contribution is -2.51. The Hall–Kier alpha value is -2.37. The maximum Gasteiger partial charge on any atom is 0.169 e. The van der Waals surface area contributed by atoms with E-state index in [2.05, 4.69) is 63.7 Å². The first-order valence-electron chi connectivity index (χ1n) is 9.84. The summed E-state index contributed by atoms with van der Waals surface area (Å²) in [6, 6.07) is 18.6. The Balaban J connectivity index is 1.33. The van der Waals surface area contributed by atoms with Gasteiger partial charge in [0.2, 0.25) is 0 Å². The van der Waals surface area contributed by atoms with E-state index < -0.39 is 0 Å². The molecule has 1 aliphatic rings. The molecule has 1 fully saturated rings. The topological polar surface area (TPSA) is 27.7 Å². The predicted octanol–water partition coefficient (Wildman–Crippen LogP) is 3.44. The summed E-state index contributed by atoms with van der Waals surface area (Å²) in [5.41, 5.74) is 2.54. The highest BCUT2D eigenvalue weighted by atomic mass is 32.1. The number of benzene rings is 2. The van der Waals surface area contributed by atoms with Crippen molar-refractivity contribution in [2.75, 3.05) is 46.4 Å². The first-order chi connectivity index (χ1) is 13.7. The first-order valence-corrected chi connectivity index (χ1v) is 10.2. The zero-order valence-corrected chi connectivity index (χ0v) is 17.3. The highest BCUT2D eigenvalue weighted by Crippen LogP contribution is 2.11. The van der Waals surface area contributed by atoms with Crippen LogP contribution < -0.4 is 10.1 Å². The molecule has 0 radical (unpaired) electrons. The molecule has 1 N–H and O–H groups in total. The van der Waals surface area contributed by atoms with E-state index in [1.54, 1.807) is 7.11 Å². The second-order valence-electron chi connectivity index (χ2n) is 6.93. The maximum absolute atomic E-state index is 5.58. The molecule has 1 heterocycles. The van der Waals surface area contributed by atoms with Gasteiger partial charge in [-0.25, -0.2) is 0 Å². The molecule has 0 amide bonds. The van der Waals surface area contributed by atoms with Gasteiger partial charge in [-0.2, -0.15) is 0 Å². The molecule has 28 heavy (non-hydrogen) atoms. The number of nitrogens with zero attached hydrogens (tertiary/aromatic N) is 2. The van der Waals surface area contributed by atoms with E-state index in [0.29, 0.717) is 0 Å². The fourth-order valence-electron chi connectivity index (χ4n) is 3.25.